The number of nitrogens with two attached hydrogens (primary N) is 1. The van der Waals surface area contributed by atoms with Gasteiger partial charge in [0.2, 0.25) is 0 Å². The molecule has 0 aliphatic carbocycles. The first-order valence-electron chi connectivity index (χ1n) is 6.60. The molecular formula is C16H15N3OS. The minimum atomic E-state index is -0.0552. The van der Waals surface area contributed by atoms with E-state index in [2.05, 4.69) is 4.98 Å². The Morgan fingerprint density at radius 2 is 2.05 bits per heavy atom. The maximum atomic E-state index is 12.1. The van der Waals surface area contributed by atoms with Crippen LogP contribution in [0.3, 0.4) is 0 Å². The van der Waals surface area contributed by atoms with Crippen molar-refractivity contribution >= 4 is 23.1 Å². The summed E-state index contributed by atoms with van der Waals surface area (Å²) in [7, 11) is 0. The van der Waals surface area contributed by atoms with Gasteiger partial charge >= 0.3 is 0 Å². The summed E-state index contributed by atoms with van der Waals surface area (Å²) in [4.78, 5) is 17.6. The Bertz CT molecular complexity index is 858. The van der Waals surface area contributed by atoms with Gasteiger partial charge in [-0.2, -0.15) is 0 Å². The third-order valence-electron chi connectivity index (χ3n) is 3.16. The van der Waals surface area contributed by atoms with E-state index in [1.165, 1.54) is 0 Å². The number of nitrogens with zero attached hydrogens (tertiary/aromatic N) is 2. The SMILES string of the molecule is Cc1ccc2nc(CSc3ccccc3N)cc(=O)n2c1. The average molecular weight is 297 g/mol. The number of para-hydroxylation sites is 1. The molecule has 5 heteroatoms. The number of pyridine rings is 1. The molecule has 2 N–H and O–H groups in total. The number of aromatic nitrogens is 2. The highest BCUT2D eigenvalue weighted by Gasteiger charge is 2.05. The van der Waals surface area contributed by atoms with Crippen molar-refractivity contribution in [3.63, 3.8) is 0 Å². The van der Waals surface area contributed by atoms with Gasteiger partial charge in [-0.1, -0.05) is 18.2 Å². The Morgan fingerprint density at radius 3 is 2.86 bits per heavy atom. The number of benzene rings is 1. The molecule has 0 saturated carbocycles. The van der Waals surface area contributed by atoms with Crippen molar-refractivity contribution in [2.45, 2.75) is 17.6 Å². The third kappa shape index (κ3) is 2.92. The van der Waals surface area contributed by atoms with Crippen molar-refractivity contribution in [1.29, 1.82) is 0 Å². The monoisotopic (exact) mass is 297 g/mol. The fourth-order valence-electron chi connectivity index (χ4n) is 2.10. The molecule has 1 aromatic carbocycles. The predicted molar refractivity (Wildman–Crippen MR) is 86.6 cm³/mol. The van der Waals surface area contributed by atoms with Crippen LogP contribution in [0.25, 0.3) is 5.65 Å². The fourth-order valence-corrected chi connectivity index (χ4v) is 2.96. The fraction of sp³-hybridized carbons (Fsp3) is 0.125. The van der Waals surface area contributed by atoms with Crippen LogP contribution in [0.15, 0.2) is 58.4 Å². The molecule has 0 aliphatic heterocycles. The van der Waals surface area contributed by atoms with E-state index in [0.29, 0.717) is 11.4 Å². The number of nitrogen functional groups attached to an aromatic ring is 1. The van der Waals surface area contributed by atoms with Gasteiger partial charge in [0.15, 0.2) is 0 Å². The summed E-state index contributed by atoms with van der Waals surface area (Å²) in [5, 5.41) is 0. The highest BCUT2D eigenvalue weighted by Crippen LogP contribution is 2.26. The zero-order valence-corrected chi connectivity index (χ0v) is 12.4. The van der Waals surface area contributed by atoms with Crippen LogP contribution >= 0.6 is 11.8 Å². The number of thioether (sulfide) groups is 1. The summed E-state index contributed by atoms with van der Waals surface area (Å²) < 4.78 is 1.57. The predicted octanol–water partition coefficient (Wildman–Crippen LogP) is 2.88. The summed E-state index contributed by atoms with van der Waals surface area (Å²) in [6.45, 7) is 1.95. The Balaban J connectivity index is 1.90. The molecule has 2 aromatic heterocycles. The van der Waals surface area contributed by atoms with Crippen molar-refractivity contribution in [2.75, 3.05) is 5.73 Å². The average Bonchev–Trinajstić information content (AvgIpc) is 2.47. The topological polar surface area (TPSA) is 60.4 Å². The molecule has 0 atom stereocenters. The van der Waals surface area contributed by atoms with Crippen LogP contribution in [-0.2, 0) is 5.75 Å². The molecule has 0 radical (unpaired) electrons. The van der Waals surface area contributed by atoms with Crippen molar-refractivity contribution in [3.8, 4) is 0 Å². The van der Waals surface area contributed by atoms with Crippen LogP contribution in [-0.4, -0.2) is 9.38 Å². The number of hydrogen-bond donors (Lipinski definition) is 1. The lowest BCUT2D eigenvalue weighted by Gasteiger charge is -2.06. The summed E-state index contributed by atoms with van der Waals surface area (Å²) in [5.41, 5.74) is 9.07. The first-order valence-corrected chi connectivity index (χ1v) is 7.58. The molecule has 0 amide bonds. The van der Waals surface area contributed by atoms with Crippen molar-refractivity contribution in [2.24, 2.45) is 0 Å². The van der Waals surface area contributed by atoms with Crippen LogP contribution < -0.4 is 11.3 Å². The molecular weight excluding hydrogens is 282 g/mol. The van der Waals surface area contributed by atoms with Gasteiger partial charge in [-0.15, -0.1) is 11.8 Å². The van der Waals surface area contributed by atoms with Crippen LogP contribution in [0.4, 0.5) is 5.69 Å². The number of anilines is 1. The van der Waals surface area contributed by atoms with E-state index in [4.69, 9.17) is 5.73 Å². The minimum absolute atomic E-state index is 0.0552. The van der Waals surface area contributed by atoms with Gasteiger partial charge < -0.3 is 5.73 Å². The molecule has 4 nitrogen and oxygen atoms in total. The zero-order chi connectivity index (χ0) is 14.8. The quantitative estimate of drug-likeness (QED) is 0.596. The molecule has 0 saturated heterocycles. The summed E-state index contributed by atoms with van der Waals surface area (Å²) in [6.07, 6.45) is 1.80. The minimum Gasteiger partial charge on any atom is -0.398 e. The second kappa shape index (κ2) is 5.61. The van der Waals surface area contributed by atoms with E-state index >= 15 is 0 Å². The Morgan fingerprint density at radius 1 is 1.24 bits per heavy atom. The van der Waals surface area contributed by atoms with Gasteiger partial charge in [-0.25, -0.2) is 4.98 Å². The molecule has 0 aliphatic rings. The Hall–Kier alpha value is -2.27. The van der Waals surface area contributed by atoms with Gasteiger partial charge in [-0.05, 0) is 30.7 Å². The molecule has 2 heterocycles. The lowest BCUT2D eigenvalue weighted by molar-refractivity contribution is 1.00. The Labute approximate surface area is 126 Å². The van der Waals surface area contributed by atoms with Gasteiger partial charge in [0.05, 0.1) is 5.69 Å². The van der Waals surface area contributed by atoms with Crippen LogP contribution in [0.1, 0.15) is 11.3 Å². The molecule has 0 bridgehead atoms. The van der Waals surface area contributed by atoms with E-state index in [-0.39, 0.29) is 5.56 Å². The Kier molecular flexibility index (Phi) is 3.66. The molecule has 106 valence electrons. The maximum Gasteiger partial charge on any atom is 0.258 e. The number of fused-ring (bicyclic) bond motifs is 1. The molecule has 0 spiro atoms. The largest absolute Gasteiger partial charge is 0.398 e. The maximum absolute atomic E-state index is 12.1. The summed E-state index contributed by atoms with van der Waals surface area (Å²) in [5.74, 6) is 0.619. The molecule has 21 heavy (non-hydrogen) atoms. The van der Waals surface area contributed by atoms with Crippen LogP contribution in [0.2, 0.25) is 0 Å². The van der Waals surface area contributed by atoms with Gasteiger partial charge in [-0.3, -0.25) is 9.20 Å². The number of rotatable bonds is 3. The molecule has 0 unspecified atom stereocenters. The van der Waals surface area contributed by atoms with E-state index in [1.807, 2.05) is 43.3 Å². The summed E-state index contributed by atoms with van der Waals surface area (Å²) >= 11 is 1.58. The van der Waals surface area contributed by atoms with E-state index in [0.717, 1.165) is 21.8 Å². The highest BCUT2D eigenvalue weighted by atomic mass is 32.2. The normalized spacial score (nSPS) is 10.9. The van der Waals surface area contributed by atoms with E-state index in [9.17, 15) is 4.79 Å². The van der Waals surface area contributed by atoms with Crippen LogP contribution in [0, 0.1) is 6.92 Å². The molecule has 3 aromatic rings. The first-order chi connectivity index (χ1) is 10.1. The van der Waals surface area contributed by atoms with Gasteiger partial charge in [0.1, 0.15) is 5.65 Å². The lowest BCUT2D eigenvalue weighted by atomic mass is 10.3. The smallest absolute Gasteiger partial charge is 0.258 e. The number of aryl methyl sites for hydroxylation is 1. The number of hydrogen-bond acceptors (Lipinski definition) is 4. The van der Waals surface area contributed by atoms with E-state index in [1.54, 1.807) is 28.4 Å². The van der Waals surface area contributed by atoms with Crippen molar-refractivity contribution < 1.29 is 0 Å². The summed E-state index contributed by atoms with van der Waals surface area (Å²) in [6, 6.07) is 13.1. The molecule has 3 rings (SSSR count). The van der Waals surface area contributed by atoms with Crippen molar-refractivity contribution in [1.82, 2.24) is 9.38 Å². The van der Waals surface area contributed by atoms with E-state index < -0.39 is 0 Å². The van der Waals surface area contributed by atoms with Crippen molar-refractivity contribution in [3.05, 3.63) is 70.3 Å². The first kappa shape index (κ1) is 13.7. The molecule has 0 fully saturated rings. The third-order valence-corrected chi connectivity index (χ3v) is 4.28. The van der Waals surface area contributed by atoms with Gasteiger partial charge in [0, 0.05) is 28.6 Å². The lowest BCUT2D eigenvalue weighted by Crippen LogP contribution is -2.15. The second-order valence-corrected chi connectivity index (χ2v) is 5.86. The van der Waals surface area contributed by atoms with Crippen LogP contribution in [0.5, 0.6) is 0 Å². The zero-order valence-electron chi connectivity index (χ0n) is 11.6. The second-order valence-electron chi connectivity index (χ2n) is 4.85. The van der Waals surface area contributed by atoms with Gasteiger partial charge in [0.25, 0.3) is 5.56 Å². The highest BCUT2D eigenvalue weighted by molar-refractivity contribution is 7.98. The standard InChI is InChI=1S/C16H15N3OS/c1-11-6-7-15-18-12(8-16(20)19(15)9-11)10-21-14-5-3-2-4-13(14)17/h2-9H,10,17H2,1H3.